The van der Waals surface area contributed by atoms with Crippen LogP contribution >= 0.6 is 0 Å². The average Bonchev–Trinajstić information content (AvgIpc) is 3.19. The number of aromatic nitrogens is 4. The maximum Gasteiger partial charge on any atom is 0.468 e. The Morgan fingerprint density at radius 2 is 1.71 bits per heavy atom. The normalized spacial score (nSPS) is 25.7. The molecule has 0 unspecified atom stereocenters. The zero-order valence-corrected chi connectivity index (χ0v) is 18.6. The van der Waals surface area contributed by atoms with E-state index in [9.17, 15) is 18.0 Å². The van der Waals surface area contributed by atoms with Gasteiger partial charge in [0, 0.05) is 68.5 Å². The van der Waals surface area contributed by atoms with Crippen molar-refractivity contribution in [3.63, 3.8) is 0 Å². The number of amides is 2. The minimum atomic E-state index is -4.56. The fraction of sp³-hybridized carbons (Fsp3) is 0.727. The molecule has 5 fully saturated rings. The van der Waals surface area contributed by atoms with Crippen molar-refractivity contribution in [2.45, 2.75) is 50.2 Å². The smallest absolute Gasteiger partial charge is 0.441 e. The molecule has 5 heterocycles. The molecular weight excluding hydrogens is 451 g/mol. The van der Waals surface area contributed by atoms with Gasteiger partial charge in [-0.1, -0.05) is 0 Å². The lowest BCUT2D eigenvalue weighted by atomic mass is 9.57. The molecule has 2 amide bonds. The second-order valence-electron chi connectivity index (χ2n) is 11.2. The van der Waals surface area contributed by atoms with Gasteiger partial charge in [0.25, 0.3) is 0 Å². The molecule has 3 aliphatic heterocycles. The van der Waals surface area contributed by atoms with Crippen LogP contribution in [0.1, 0.15) is 60.8 Å². The standard InChI is InChI=1S/C22H26F3N7O2/c23-22(24,25)18-26-15(6-34-18)5-30-7-21(8-30)11-32(12-21)19(33)31-9-20(10-31)3-14(4-20)17-27-16(28-29-17)13-1-2-13/h6,13-14H,1-5,7-12H2,(H,27,28,29). The third kappa shape index (κ3) is 3.32. The van der Waals surface area contributed by atoms with E-state index in [-0.39, 0.29) is 22.6 Å². The predicted molar refractivity (Wildman–Crippen MR) is 111 cm³/mol. The van der Waals surface area contributed by atoms with Gasteiger partial charge in [-0.15, -0.1) is 0 Å². The summed E-state index contributed by atoms with van der Waals surface area (Å²) in [4.78, 5) is 27.0. The minimum Gasteiger partial charge on any atom is -0.441 e. The maximum absolute atomic E-state index is 12.9. The van der Waals surface area contributed by atoms with E-state index in [1.165, 1.54) is 12.8 Å². The van der Waals surface area contributed by atoms with Crippen LogP contribution in [0.2, 0.25) is 0 Å². The molecule has 9 nitrogen and oxygen atoms in total. The Hall–Kier alpha value is -2.63. The molecule has 0 radical (unpaired) electrons. The Kier molecular flexibility index (Phi) is 4.10. The van der Waals surface area contributed by atoms with E-state index in [2.05, 4.69) is 24.6 Å². The van der Waals surface area contributed by atoms with Crippen LogP contribution in [0.4, 0.5) is 18.0 Å². The molecule has 0 bridgehead atoms. The van der Waals surface area contributed by atoms with Crippen molar-refractivity contribution in [3.8, 4) is 0 Å². The number of nitrogens with one attached hydrogen (secondary N) is 1. The number of likely N-dealkylation sites (tertiary alicyclic amines) is 3. The number of nitrogens with zero attached hydrogens (tertiary/aromatic N) is 6. The van der Waals surface area contributed by atoms with Crippen LogP contribution in [-0.4, -0.2) is 80.2 Å². The van der Waals surface area contributed by atoms with E-state index in [0.717, 1.165) is 56.9 Å². The summed E-state index contributed by atoms with van der Waals surface area (Å²) in [7, 11) is 0. The van der Waals surface area contributed by atoms with Crippen molar-refractivity contribution >= 4 is 6.03 Å². The van der Waals surface area contributed by atoms with Gasteiger partial charge in [-0.2, -0.15) is 18.3 Å². The molecule has 1 N–H and O–H groups in total. The lowest BCUT2D eigenvalue weighted by molar-refractivity contribution is -0.157. The molecule has 34 heavy (non-hydrogen) atoms. The largest absolute Gasteiger partial charge is 0.468 e. The summed E-state index contributed by atoms with van der Waals surface area (Å²) >= 11 is 0. The van der Waals surface area contributed by atoms with Crippen molar-refractivity contribution in [1.29, 1.82) is 0 Å². The summed E-state index contributed by atoms with van der Waals surface area (Å²) < 4.78 is 42.4. The second kappa shape index (κ2) is 6.73. The molecule has 3 saturated heterocycles. The van der Waals surface area contributed by atoms with E-state index < -0.39 is 12.1 Å². The van der Waals surface area contributed by atoms with E-state index in [1.54, 1.807) is 0 Å². The first kappa shape index (κ1) is 20.7. The van der Waals surface area contributed by atoms with Crippen LogP contribution in [0, 0.1) is 10.8 Å². The Morgan fingerprint density at radius 3 is 2.32 bits per heavy atom. The SMILES string of the molecule is O=C(N1CC2(CC(c3nc(C4CC4)n[nH]3)C2)C1)N1CC2(CN(Cc3coc(C(F)(F)F)n3)C2)C1. The summed E-state index contributed by atoms with van der Waals surface area (Å²) in [6.07, 6.45) is 1.03. The summed E-state index contributed by atoms with van der Waals surface area (Å²) in [6.45, 7) is 4.91. The molecule has 7 rings (SSSR count). The number of urea groups is 1. The van der Waals surface area contributed by atoms with Gasteiger partial charge in [0.05, 0.1) is 5.69 Å². The monoisotopic (exact) mass is 477 g/mol. The van der Waals surface area contributed by atoms with Crippen molar-refractivity contribution in [2.75, 3.05) is 39.3 Å². The fourth-order valence-electron chi connectivity index (χ4n) is 6.38. The highest BCUT2D eigenvalue weighted by atomic mass is 19.4. The number of halogens is 3. The number of carbonyl (C=O) groups excluding carboxylic acids is 1. The quantitative estimate of drug-likeness (QED) is 0.728. The molecule has 2 aromatic heterocycles. The zero-order valence-electron chi connectivity index (χ0n) is 18.6. The lowest BCUT2D eigenvalue weighted by Crippen LogP contribution is -2.75. The number of carbonyl (C=O) groups is 1. The van der Waals surface area contributed by atoms with Crippen molar-refractivity contribution in [1.82, 2.24) is 34.9 Å². The van der Waals surface area contributed by atoms with Gasteiger partial charge in [0.15, 0.2) is 5.82 Å². The average molecular weight is 477 g/mol. The number of hydrogen-bond acceptors (Lipinski definition) is 6. The highest BCUT2D eigenvalue weighted by molar-refractivity contribution is 5.77. The van der Waals surface area contributed by atoms with Gasteiger partial charge in [-0.05, 0) is 25.7 Å². The summed E-state index contributed by atoms with van der Waals surface area (Å²) in [5, 5.41) is 7.48. The fourth-order valence-corrected chi connectivity index (χ4v) is 6.38. The van der Waals surface area contributed by atoms with Crippen molar-refractivity contribution in [3.05, 3.63) is 29.5 Å². The van der Waals surface area contributed by atoms with Gasteiger partial charge in [-0.25, -0.2) is 14.8 Å². The first-order valence-corrected chi connectivity index (χ1v) is 11.9. The highest BCUT2D eigenvalue weighted by Crippen LogP contribution is 2.56. The van der Waals surface area contributed by atoms with E-state index >= 15 is 0 Å². The van der Waals surface area contributed by atoms with Crippen molar-refractivity contribution in [2.24, 2.45) is 10.8 Å². The Labute approximate surface area is 193 Å². The Morgan fingerprint density at radius 1 is 1.03 bits per heavy atom. The number of alkyl halides is 3. The van der Waals surface area contributed by atoms with Crippen molar-refractivity contribution < 1.29 is 22.4 Å². The van der Waals surface area contributed by atoms with Gasteiger partial charge < -0.3 is 14.2 Å². The molecule has 2 aromatic rings. The molecule has 5 aliphatic rings. The number of H-pyrrole nitrogens is 1. The first-order valence-electron chi connectivity index (χ1n) is 11.9. The van der Waals surface area contributed by atoms with Gasteiger partial charge in [0.2, 0.25) is 0 Å². The molecule has 182 valence electrons. The Bertz CT molecular complexity index is 1110. The Balaban J connectivity index is 0.844. The molecule has 0 atom stereocenters. The van der Waals surface area contributed by atoms with E-state index in [1.807, 2.05) is 14.7 Å². The van der Waals surface area contributed by atoms with Crippen LogP contribution in [0.15, 0.2) is 10.7 Å². The predicted octanol–water partition coefficient (Wildman–Crippen LogP) is 2.81. The highest BCUT2D eigenvalue weighted by Gasteiger charge is 2.58. The molecule has 2 saturated carbocycles. The summed E-state index contributed by atoms with van der Waals surface area (Å²) in [6, 6.07) is 0.111. The lowest BCUT2D eigenvalue weighted by Gasteiger charge is -2.63. The first-order chi connectivity index (χ1) is 16.2. The third-order valence-corrected chi connectivity index (χ3v) is 8.15. The minimum absolute atomic E-state index is 0.0714. The van der Waals surface area contributed by atoms with Crippen LogP contribution in [0.25, 0.3) is 0 Å². The topological polar surface area (TPSA) is 94.4 Å². The zero-order chi connectivity index (χ0) is 23.3. The molecule has 2 spiro atoms. The van der Waals surface area contributed by atoms with Crippen LogP contribution in [0.3, 0.4) is 0 Å². The molecule has 0 aromatic carbocycles. The molecular formula is C22H26F3N7O2. The van der Waals surface area contributed by atoms with Crippen LogP contribution < -0.4 is 0 Å². The van der Waals surface area contributed by atoms with Gasteiger partial charge >= 0.3 is 18.1 Å². The number of aromatic amines is 1. The van der Waals surface area contributed by atoms with Crippen LogP contribution in [0.5, 0.6) is 0 Å². The molecule has 2 aliphatic carbocycles. The van der Waals surface area contributed by atoms with E-state index in [4.69, 9.17) is 0 Å². The van der Waals surface area contributed by atoms with Gasteiger partial charge in [-0.3, -0.25) is 10.00 Å². The summed E-state index contributed by atoms with van der Waals surface area (Å²) in [5.74, 6) is 1.77. The number of oxazole rings is 1. The molecule has 12 heteroatoms. The number of hydrogen-bond donors (Lipinski definition) is 1. The van der Waals surface area contributed by atoms with E-state index in [0.29, 0.717) is 31.5 Å². The summed E-state index contributed by atoms with van der Waals surface area (Å²) in [5.41, 5.74) is 0.602. The number of rotatable bonds is 4. The second-order valence-corrected chi connectivity index (χ2v) is 11.2. The van der Waals surface area contributed by atoms with Crippen LogP contribution in [-0.2, 0) is 12.7 Å². The third-order valence-electron chi connectivity index (χ3n) is 8.15. The maximum atomic E-state index is 12.9. The van der Waals surface area contributed by atoms with Gasteiger partial charge in [0.1, 0.15) is 12.1 Å².